The standard InChI is InChI=1S/C19H22N6O.C17H25N5O2.C15H22N6O.C15H21N5O2.C13H19N5O/c1-2-6-14(16(26)10-9-13-7-3-4-11-21-13)23-18-17-15(8-5-12-22-17)24-19(20)25-18;1-4-6-11(13(23)8-9-17(2,3)24)20-15-14-12(7-5-10-19-14)21-16(18)22-15;1-2-5-10(12(22)7-3-8-16)19-14-13-11(6-4-9-18-13)20-15(17)21-14;1-2-5-10(12(22)7-4-9-21)18-14-13-11(6-3-8-17-13)19-15(16)20-14;1-3-4-9(7-19)16-12-11-10(17-13(14)18-12)6-5-8(2)15-11/h3-5,7-8,11-12,14H,2,6,9-10H2,1H3,(H3,20,23,24,25);5,7,10-11,24H,4,6,8-9H2,1-3H3,(H3,18,20,21,22);4,6,9-10H,2-3,5,7-8,16H2,1H3,(H3,17,19,20,21);3,6,8,10,21H,2,4-5,7,9H2,1H3,(H3,16,18,19,20);5-6,9,19H,3-4,7H2,1-2H3,(H3,14,16,17,18)/t14-;11-;2*10-;9-/m00001/s1. The molecular formula is C79H109N27O7. The van der Waals surface area contributed by atoms with E-state index in [-0.39, 0.29) is 90.3 Å². The topological polar surface area (TPSA) is 551 Å². The average Bonchev–Trinajstić information content (AvgIpc) is 0.834. The van der Waals surface area contributed by atoms with Crippen molar-refractivity contribution in [3.05, 3.63) is 121 Å². The molecule has 20 N–H and O–H groups in total. The van der Waals surface area contributed by atoms with Gasteiger partial charge in [-0.25, -0.2) is 29.9 Å². The highest BCUT2D eigenvalue weighted by Crippen LogP contribution is 2.27. The Labute approximate surface area is 657 Å². The lowest BCUT2D eigenvalue weighted by atomic mass is 9.96. The number of hydrogen-bond donors (Lipinski definition) is 14. The Morgan fingerprint density at radius 2 is 0.743 bits per heavy atom. The lowest BCUT2D eigenvalue weighted by Crippen LogP contribution is -2.32. The van der Waals surface area contributed by atoms with Crippen LogP contribution in [0.2, 0.25) is 0 Å². The van der Waals surface area contributed by atoms with Crippen LogP contribution >= 0.6 is 0 Å². The number of nitrogens with zero attached hydrogens (tertiary/aromatic N) is 16. The maximum absolute atomic E-state index is 12.7. The van der Waals surface area contributed by atoms with Crippen molar-refractivity contribution in [1.29, 1.82) is 0 Å². The number of nitrogens with two attached hydrogens (primary N) is 6. The quantitative estimate of drug-likeness (QED) is 0.0172. The summed E-state index contributed by atoms with van der Waals surface area (Å²) in [6, 6.07) is 22.4. The highest BCUT2D eigenvalue weighted by molar-refractivity contribution is 5.95. The molecule has 0 bridgehead atoms. The highest BCUT2D eigenvalue weighted by Gasteiger charge is 2.26. The predicted octanol–water partition coefficient (Wildman–Crippen LogP) is 9.61. The third-order valence-corrected chi connectivity index (χ3v) is 17.4. The number of carbonyl (C=O) groups is 4. The Balaban J connectivity index is 0.000000196. The zero-order chi connectivity index (χ0) is 81.8. The number of ketones is 4. The molecule has 5 atom stereocenters. The van der Waals surface area contributed by atoms with Gasteiger partial charge in [0.25, 0.3) is 0 Å². The van der Waals surface area contributed by atoms with E-state index in [2.05, 4.69) is 113 Å². The molecule has 0 aliphatic rings. The van der Waals surface area contributed by atoms with Gasteiger partial charge >= 0.3 is 0 Å². The molecule has 113 heavy (non-hydrogen) atoms. The molecule has 11 aromatic heterocycles. The minimum absolute atomic E-state index is 0.00945. The van der Waals surface area contributed by atoms with Crippen molar-refractivity contribution in [2.45, 2.75) is 207 Å². The number of nitrogens with one attached hydrogen (secondary N) is 5. The molecule has 11 rings (SSSR count). The Bertz CT molecular complexity index is 4740. The summed E-state index contributed by atoms with van der Waals surface area (Å²) in [5.41, 5.74) is 41.5. The minimum atomic E-state index is -0.861. The van der Waals surface area contributed by atoms with Gasteiger partial charge in [0.2, 0.25) is 29.7 Å². The number of pyridine rings is 6. The highest BCUT2D eigenvalue weighted by atomic mass is 16.3. The third kappa shape index (κ3) is 28.1. The first-order valence-corrected chi connectivity index (χ1v) is 38.3. The summed E-state index contributed by atoms with van der Waals surface area (Å²) < 4.78 is 0. The van der Waals surface area contributed by atoms with E-state index in [1.807, 2.05) is 77.1 Å². The van der Waals surface area contributed by atoms with Gasteiger partial charge in [-0.1, -0.05) is 72.8 Å². The van der Waals surface area contributed by atoms with Crippen molar-refractivity contribution in [3.8, 4) is 0 Å². The fraction of sp³-hybridized carbons (Fsp3) is 0.443. The molecule has 0 radical (unpaired) electrons. The zero-order valence-corrected chi connectivity index (χ0v) is 65.7. The second-order valence-electron chi connectivity index (χ2n) is 27.4. The smallest absolute Gasteiger partial charge is 0.222 e. The van der Waals surface area contributed by atoms with E-state index in [9.17, 15) is 29.4 Å². The Morgan fingerprint density at radius 1 is 0.398 bits per heavy atom. The number of aromatic nitrogens is 16. The number of aliphatic hydroxyl groups excluding tert-OH is 2. The van der Waals surface area contributed by atoms with Crippen molar-refractivity contribution in [3.63, 3.8) is 0 Å². The van der Waals surface area contributed by atoms with Gasteiger partial charge < -0.3 is 76.3 Å². The van der Waals surface area contributed by atoms with Gasteiger partial charge in [0.15, 0.2) is 52.2 Å². The Morgan fingerprint density at radius 3 is 1.08 bits per heavy atom. The van der Waals surface area contributed by atoms with Crippen LogP contribution in [0.1, 0.15) is 169 Å². The Kier molecular flexibility index (Phi) is 35.5. The monoisotopic (exact) mass is 1550 g/mol. The molecule has 0 aliphatic carbocycles. The van der Waals surface area contributed by atoms with Crippen LogP contribution in [-0.2, 0) is 25.6 Å². The van der Waals surface area contributed by atoms with Crippen LogP contribution in [-0.4, -0.2) is 174 Å². The van der Waals surface area contributed by atoms with Crippen LogP contribution in [0, 0.1) is 6.92 Å². The molecule has 602 valence electrons. The lowest BCUT2D eigenvalue weighted by molar-refractivity contribution is -0.121. The van der Waals surface area contributed by atoms with Gasteiger partial charge in [-0.05, 0) is 158 Å². The van der Waals surface area contributed by atoms with Crippen LogP contribution in [0.3, 0.4) is 0 Å². The van der Waals surface area contributed by atoms with Crippen LogP contribution in [0.5, 0.6) is 0 Å². The first-order valence-electron chi connectivity index (χ1n) is 38.3. The van der Waals surface area contributed by atoms with Crippen LogP contribution < -0.4 is 61.0 Å². The normalized spacial score (nSPS) is 12.4. The van der Waals surface area contributed by atoms with Crippen molar-refractivity contribution < 1.29 is 34.5 Å². The fourth-order valence-electron chi connectivity index (χ4n) is 11.8. The molecule has 0 spiro atoms. The fourth-order valence-corrected chi connectivity index (χ4v) is 11.8. The molecule has 0 fully saturated rings. The molecule has 0 saturated carbocycles. The van der Waals surface area contributed by atoms with Crippen LogP contribution in [0.25, 0.3) is 55.2 Å². The molecule has 0 amide bonds. The maximum atomic E-state index is 12.7. The number of nitrogen functional groups attached to an aromatic ring is 5. The number of Topliss-reactive ketones (excluding diaryl/α,β-unsaturated/α-hetero) is 4. The third-order valence-electron chi connectivity index (χ3n) is 17.4. The molecule has 34 heteroatoms. The second kappa shape index (κ2) is 45.4. The van der Waals surface area contributed by atoms with Gasteiger partial charge in [-0.2, -0.15) is 24.9 Å². The van der Waals surface area contributed by atoms with Gasteiger partial charge in [0.05, 0.1) is 70.0 Å². The van der Waals surface area contributed by atoms with Crippen molar-refractivity contribution >= 4 is 137 Å². The summed E-state index contributed by atoms with van der Waals surface area (Å²) in [5, 5.41) is 44.0. The van der Waals surface area contributed by atoms with Crippen molar-refractivity contribution in [1.82, 2.24) is 79.7 Å². The summed E-state index contributed by atoms with van der Waals surface area (Å²) in [7, 11) is 0. The lowest BCUT2D eigenvalue weighted by Gasteiger charge is -2.21. The van der Waals surface area contributed by atoms with Gasteiger partial charge in [0, 0.05) is 74.7 Å². The van der Waals surface area contributed by atoms with Gasteiger partial charge in [-0.3, -0.25) is 44.1 Å². The molecule has 11 aromatic rings. The van der Waals surface area contributed by atoms with E-state index >= 15 is 0 Å². The molecular weight excluding hydrogens is 1440 g/mol. The SMILES string of the molecule is CCC[C@H](CO)Nc1nc(N)nc2ccc(C)nc12.CCC[C@H](Nc1nc(N)nc2cccnc12)C(=O)CCC(C)(C)O.CCC[C@H](Nc1nc(N)nc2cccnc12)C(=O)CCCN.CCC[C@H](Nc1nc(N)nc2cccnc12)C(=O)CCCO.CCC[C@H](Nc1nc(N)nc2cccnc12)C(=O)CCc1ccccn1. The number of aliphatic hydroxyl groups is 3. The summed E-state index contributed by atoms with van der Waals surface area (Å²) in [6.45, 7) is 16.1. The first-order chi connectivity index (χ1) is 54.4. The number of fused-ring (bicyclic) bond motifs is 5. The molecule has 0 aliphatic heterocycles. The van der Waals surface area contributed by atoms with Crippen molar-refractivity contribution in [2.24, 2.45) is 5.73 Å². The Hall–Kier alpha value is -11.9. The largest absolute Gasteiger partial charge is 0.396 e. The molecule has 0 aromatic carbocycles. The van der Waals surface area contributed by atoms with E-state index in [4.69, 9.17) is 39.5 Å². The number of rotatable bonds is 37. The summed E-state index contributed by atoms with van der Waals surface area (Å²) in [5.74, 6) is 3.67. The number of hydrogen-bond acceptors (Lipinski definition) is 34. The van der Waals surface area contributed by atoms with E-state index in [0.717, 1.165) is 56.3 Å². The van der Waals surface area contributed by atoms with E-state index in [1.54, 1.807) is 81.2 Å². The minimum Gasteiger partial charge on any atom is -0.396 e. The summed E-state index contributed by atoms with van der Waals surface area (Å²) in [4.78, 5) is 118. The average molecular weight is 1550 g/mol. The maximum Gasteiger partial charge on any atom is 0.222 e. The summed E-state index contributed by atoms with van der Waals surface area (Å²) >= 11 is 0. The molecule has 34 nitrogen and oxygen atoms in total. The molecule has 0 saturated heterocycles. The zero-order valence-electron chi connectivity index (χ0n) is 65.7. The number of carbonyl (C=O) groups excluding carboxylic acids is 4. The molecule has 11 heterocycles. The predicted molar refractivity (Wildman–Crippen MR) is 445 cm³/mol. The van der Waals surface area contributed by atoms with E-state index in [0.29, 0.717) is 161 Å². The van der Waals surface area contributed by atoms with Crippen molar-refractivity contribution in [2.75, 3.05) is 75.0 Å². The second-order valence-corrected chi connectivity index (χ2v) is 27.4. The van der Waals surface area contributed by atoms with E-state index < -0.39 is 11.6 Å². The summed E-state index contributed by atoms with van der Waals surface area (Å²) in [6.07, 6.45) is 20.1. The van der Waals surface area contributed by atoms with Gasteiger partial charge in [0.1, 0.15) is 27.6 Å². The first kappa shape index (κ1) is 88.3. The number of aryl methyl sites for hydroxylation is 2. The van der Waals surface area contributed by atoms with Gasteiger partial charge in [-0.15, -0.1) is 0 Å². The van der Waals surface area contributed by atoms with Crippen LogP contribution in [0.15, 0.2) is 110 Å². The molecule has 0 unspecified atom stereocenters. The van der Waals surface area contributed by atoms with E-state index in [1.165, 1.54) is 0 Å². The number of anilines is 10. The van der Waals surface area contributed by atoms with Crippen LogP contribution in [0.4, 0.5) is 58.8 Å².